The molecule has 0 aliphatic rings. The summed E-state index contributed by atoms with van der Waals surface area (Å²) in [5.74, 6) is -0.296. The van der Waals surface area contributed by atoms with Crippen molar-refractivity contribution in [3.8, 4) is 0 Å². The molecular weight excluding hydrogens is 370 g/mol. The molecule has 0 saturated heterocycles. The van der Waals surface area contributed by atoms with Crippen molar-refractivity contribution >= 4 is 23.0 Å². The second-order valence-corrected chi connectivity index (χ2v) is 7.35. The summed E-state index contributed by atoms with van der Waals surface area (Å²) in [6.07, 6.45) is 1.91. The van der Waals surface area contributed by atoms with Gasteiger partial charge < -0.3 is 5.32 Å². The molecule has 1 atom stereocenters. The van der Waals surface area contributed by atoms with Gasteiger partial charge in [0.1, 0.15) is 5.69 Å². The maximum Gasteiger partial charge on any atom is 0.269 e. The van der Waals surface area contributed by atoms with Gasteiger partial charge in [0.25, 0.3) is 5.91 Å². The number of aromatic nitrogens is 2. The first-order valence-corrected chi connectivity index (χ1v) is 10.2. The number of aryl methyl sites for hydroxylation is 1. The second-order valence-electron chi connectivity index (χ2n) is 6.63. The molecule has 5 nitrogen and oxygen atoms in total. The van der Waals surface area contributed by atoms with Gasteiger partial charge in [0.15, 0.2) is 5.78 Å². The van der Waals surface area contributed by atoms with Crippen LogP contribution < -0.4 is 5.32 Å². The molecule has 0 spiro atoms. The number of nitrogens with one attached hydrogen (secondary N) is 1. The molecule has 1 N–H and O–H groups in total. The molecule has 0 aliphatic carbocycles. The van der Waals surface area contributed by atoms with Crippen LogP contribution in [0.25, 0.3) is 0 Å². The van der Waals surface area contributed by atoms with Crippen molar-refractivity contribution < 1.29 is 9.59 Å². The average Bonchev–Trinajstić information content (AvgIpc) is 3.26. The van der Waals surface area contributed by atoms with Crippen molar-refractivity contribution in [3.63, 3.8) is 0 Å². The number of benzene rings is 1. The largest absolute Gasteiger partial charge is 0.354 e. The van der Waals surface area contributed by atoms with Gasteiger partial charge in [-0.25, -0.2) is 9.97 Å². The van der Waals surface area contributed by atoms with Gasteiger partial charge in [-0.1, -0.05) is 37.3 Å². The Kier molecular flexibility index (Phi) is 6.66. The highest BCUT2D eigenvalue weighted by Gasteiger charge is 2.18. The van der Waals surface area contributed by atoms with Gasteiger partial charge in [-0.3, -0.25) is 9.59 Å². The van der Waals surface area contributed by atoms with Gasteiger partial charge in [0.05, 0.1) is 11.2 Å². The fourth-order valence-corrected chi connectivity index (χ4v) is 3.62. The smallest absolute Gasteiger partial charge is 0.269 e. The Morgan fingerprint density at radius 3 is 2.64 bits per heavy atom. The number of hydrogen-bond donors (Lipinski definition) is 1. The molecule has 0 aliphatic heterocycles. The number of Topliss-reactive ketones (excluding diaryl/α,β-unsaturated/α-hetero) is 1. The fraction of sp³-hybridized carbons (Fsp3) is 0.273. The minimum atomic E-state index is -0.293. The van der Waals surface area contributed by atoms with E-state index in [9.17, 15) is 9.59 Å². The number of nitrogens with zero attached hydrogens (tertiary/aromatic N) is 2. The van der Waals surface area contributed by atoms with E-state index in [2.05, 4.69) is 15.3 Å². The lowest BCUT2D eigenvalue weighted by Gasteiger charge is -2.14. The molecule has 0 radical (unpaired) electrons. The highest BCUT2D eigenvalue weighted by Crippen LogP contribution is 2.24. The first kappa shape index (κ1) is 19.9. The standard InChI is InChI=1S/C22H23N3O2S/c1-15(16-7-4-3-5-8-16)19-11-17(12-20(25-19)22(27)23-2)21(26)10-6-9-18-13-28-14-24-18/h3-5,7-8,11-15H,6,9-10H2,1-2H3,(H,23,27)/t15-/m0/s1. The number of pyridine rings is 1. The molecule has 1 aromatic carbocycles. The molecule has 0 bridgehead atoms. The Bertz CT molecular complexity index is 940. The summed E-state index contributed by atoms with van der Waals surface area (Å²) < 4.78 is 0. The van der Waals surface area contributed by atoms with Gasteiger partial charge in [-0.15, -0.1) is 11.3 Å². The first-order chi connectivity index (χ1) is 13.6. The zero-order chi connectivity index (χ0) is 19.9. The van der Waals surface area contributed by atoms with Crippen LogP contribution in [0.15, 0.2) is 53.4 Å². The minimum absolute atomic E-state index is 0.0179. The van der Waals surface area contributed by atoms with Crippen LogP contribution in [0.4, 0.5) is 0 Å². The highest BCUT2D eigenvalue weighted by atomic mass is 32.1. The Morgan fingerprint density at radius 2 is 1.96 bits per heavy atom. The summed E-state index contributed by atoms with van der Waals surface area (Å²) >= 11 is 1.56. The van der Waals surface area contributed by atoms with E-state index in [4.69, 9.17) is 0 Å². The lowest BCUT2D eigenvalue weighted by molar-refractivity contribution is 0.0958. The lowest BCUT2D eigenvalue weighted by Crippen LogP contribution is -2.21. The number of rotatable bonds is 8. The molecule has 0 unspecified atom stereocenters. The number of ketones is 1. The lowest BCUT2D eigenvalue weighted by atomic mass is 9.94. The average molecular weight is 394 g/mol. The Morgan fingerprint density at radius 1 is 1.18 bits per heavy atom. The van der Waals surface area contributed by atoms with Crippen molar-refractivity contribution in [2.45, 2.75) is 32.1 Å². The fourth-order valence-electron chi connectivity index (χ4n) is 3.03. The molecular formula is C22H23N3O2S. The van der Waals surface area contributed by atoms with Gasteiger partial charge in [-0.05, 0) is 30.5 Å². The molecule has 3 aromatic rings. The van der Waals surface area contributed by atoms with E-state index >= 15 is 0 Å². The number of carbonyl (C=O) groups excluding carboxylic acids is 2. The Labute approximate surface area is 168 Å². The van der Waals surface area contributed by atoms with E-state index < -0.39 is 0 Å². The highest BCUT2D eigenvalue weighted by molar-refractivity contribution is 7.07. The Balaban J connectivity index is 1.82. The summed E-state index contributed by atoms with van der Waals surface area (Å²) in [7, 11) is 1.56. The van der Waals surface area contributed by atoms with Crippen LogP contribution in [0.3, 0.4) is 0 Å². The molecule has 28 heavy (non-hydrogen) atoms. The molecule has 0 saturated carbocycles. The van der Waals surface area contributed by atoms with Gasteiger partial charge in [-0.2, -0.15) is 0 Å². The zero-order valence-electron chi connectivity index (χ0n) is 16.0. The summed E-state index contributed by atoms with van der Waals surface area (Å²) in [6.45, 7) is 2.03. The first-order valence-electron chi connectivity index (χ1n) is 9.27. The summed E-state index contributed by atoms with van der Waals surface area (Å²) in [4.78, 5) is 33.7. The van der Waals surface area contributed by atoms with Crippen molar-refractivity contribution in [3.05, 3.63) is 81.6 Å². The number of hydrogen-bond acceptors (Lipinski definition) is 5. The maximum atomic E-state index is 12.8. The zero-order valence-corrected chi connectivity index (χ0v) is 16.8. The monoisotopic (exact) mass is 393 g/mol. The van der Waals surface area contributed by atoms with E-state index in [1.54, 1.807) is 30.0 Å². The van der Waals surface area contributed by atoms with Crippen molar-refractivity contribution in [2.75, 3.05) is 7.05 Å². The quantitative estimate of drug-likeness (QED) is 0.581. The van der Waals surface area contributed by atoms with Crippen molar-refractivity contribution in [1.29, 1.82) is 0 Å². The summed E-state index contributed by atoms with van der Waals surface area (Å²) in [6, 6.07) is 13.4. The van der Waals surface area contributed by atoms with Crippen LogP contribution in [-0.2, 0) is 6.42 Å². The molecule has 3 rings (SSSR count). The van der Waals surface area contributed by atoms with Gasteiger partial charge in [0.2, 0.25) is 0 Å². The van der Waals surface area contributed by atoms with Crippen LogP contribution in [0.1, 0.15) is 63.5 Å². The molecule has 2 aromatic heterocycles. The van der Waals surface area contributed by atoms with Gasteiger partial charge in [0, 0.05) is 36.0 Å². The second kappa shape index (κ2) is 9.37. The van der Waals surface area contributed by atoms with E-state index in [1.165, 1.54) is 0 Å². The van der Waals surface area contributed by atoms with Crippen LogP contribution in [-0.4, -0.2) is 28.7 Å². The van der Waals surface area contributed by atoms with Crippen LogP contribution >= 0.6 is 11.3 Å². The van der Waals surface area contributed by atoms with E-state index in [0.717, 1.165) is 29.8 Å². The van der Waals surface area contributed by atoms with Crippen molar-refractivity contribution in [2.24, 2.45) is 0 Å². The molecule has 144 valence electrons. The van der Waals surface area contributed by atoms with E-state index in [0.29, 0.717) is 12.0 Å². The number of amides is 1. The normalized spacial score (nSPS) is 11.8. The summed E-state index contributed by atoms with van der Waals surface area (Å²) in [5, 5.41) is 4.60. The molecule has 2 heterocycles. The predicted octanol–water partition coefficient (Wildman–Crippen LogP) is 4.26. The SMILES string of the molecule is CNC(=O)c1cc(C(=O)CCCc2cscn2)cc([C@@H](C)c2ccccc2)n1. The molecule has 1 amide bonds. The number of thiazole rings is 1. The third-order valence-electron chi connectivity index (χ3n) is 4.69. The molecule has 6 heteroatoms. The van der Waals surface area contributed by atoms with E-state index in [-0.39, 0.29) is 23.3 Å². The van der Waals surface area contributed by atoms with Crippen LogP contribution in [0.5, 0.6) is 0 Å². The third kappa shape index (κ3) is 4.89. The topological polar surface area (TPSA) is 72.0 Å². The van der Waals surface area contributed by atoms with Gasteiger partial charge >= 0.3 is 0 Å². The summed E-state index contributed by atoms with van der Waals surface area (Å²) in [5.41, 5.74) is 5.42. The third-order valence-corrected chi connectivity index (χ3v) is 5.33. The van der Waals surface area contributed by atoms with Crippen molar-refractivity contribution in [1.82, 2.24) is 15.3 Å². The number of carbonyl (C=O) groups is 2. The molecule has 0 fully saturated rings. The van der Waals surface area contributed by atoms with Crippen LogP contribution in [0, 0.1) is 0 Å². The minimum Gasteiger partial charge on any atom is -0.354 e. The Hall–Kier alpha value is -2.86. The van der Waals surface area contributed by atoms with E-state index in [1.807, 2.05) is 48.7 Å². The predicted molar refractivity (Wildman–Crippen MR) is 111 cm³/mol. The maximum absolute atomic E-state index is 12.8. The van der Waals surface area contributed by atoms with Crippen LogP contribution in [0.2, 0.25) is 0 Å².